The first-order chi connectivity index (χ1) is 13.5. The Kier molecular flexibility index (Phi) is 6.91. The Hall–Kier alpha value is -2.12. The number of carbonyl (C=O) groups is 1. The van der Waals surface area contributed by atoms with Crippen LogP contribution in [0.5, 0.6) is 0 Å². The van der Waals surface area contributed by atoms with E-state index in [0.29, 0.717) is 0 Å². The zero-order chi connectivity index (χ0) is 20.1. The molecule has 1 N–H and O–H groups in total. The predicted octanol–water partition coefficient (Wildman–Crippen LogP) is 5.08. The number of nitrogens with one attached hydrogen (secondary N) is 1. The summed E-state index contributed by atoms with van der Waals surface area (Å²) in [7, 11) is 0. The number of aryl methyl sites for hydroxylation is 1. The van der Waals surface area contributed by atoms with Crippen LogP contribution in [0.2, 0.25) is 0 Å². The van der Waals surface area contributed by atoms with Crippen molar-refractivity contribution in [2.45, 2.75) is 44.1 Å². The fourth-order valence-corrected chi connectivity index (χ4v) is 4.32. The summed E-state index contributed by atoms with van der Waals surface area (Å²) in [5.41, 5.74) is 3.09. The zero-order valence-electron chi connectivity index (χ0n) is 16.1. The van der Waals surface area contributed by atoms with Gasteiger partial charge in [-0.2, -0.15) is 0 Å². The second kappa shape index (κ2) is 9.39. The van der Waals surface area contributed by atoms with Gasteiger partial charge in [0.15, 0.2) is 5.16 Å². The van der Waals surface area contributed by atoms with Crippen LogP contribution in [0.3, 0.4) is 0 Å². The molecule has 1 aromatic heterocycles. The van der Waals surface area contributed by atoms with E-state index in [2.05, 4.69) is 55.1 Å². The Bertz CT molecular complexity index is 958. The first-order valence-electron chi connectivity index (χ1n) is 9.17. The third-order valence-electron chi connectivity index (χ3n) is 4.35. The number of hydrogen-bond acceptors (Lipinski definition) is 4. The molecule has 5 nitrogen and oxygen atoms in total. The number of aromatic nitrogens is 3. The molecule has 0 radical (unpaired) electrons. The maximum atomic E-state index is 12.6. The van der Waals surface area contributed by atoms with E-state index in [9.17, 15) is 4.79 Å². The molecule has 0 aliphatic rings. The Morgan fingerprint density at radius 1 is 1.21 bits per heavy atom. The standard InChI is InChI=1S/C21H23BrN4OS/c1-4-26-19(13-16-8-6-5-7-9-16)24-25-21(26)28-15(3)20(27)23-18-11-10-14(2)12-17(18)22/h5-12,15H,4,13H2,1-3H3,(H,23,27). The van der Waals surface area contributed by atoms with Crippen LogP contribution in [-0.2, 0) is 17.8 Å². The van der Waals surface area contributed by atoms with Crippen LogP contribution in [-0.4, -0.2) is 25.9 Å². The highest BCUT2D eigenvalue weighted by atomic mass is 79.9. The van der Waals surface area contributed by atoms with Crippen molar-refractivity contribution in [3.63, 3.8) is 0 Å². The Morgan fingerprint density at radius 2 is 1.96 bits per heavy atom. The van der Waals surface area contributed by atoms with E-state index in [0.717, 1.165) is 39.7 Å². The molecule has 28 heavy (non-hydrogen) atoms. The molecule has 0 aliphatic heterocycles. The van der Waals surface area contributed by atoms with E-state index in [-0.39, 0.29) is 11.2 Å². The minimum atomic E-state index is -0.299. The molecule has 1 atom stereocenters. The topological polar surface area (TPSA) is 59.8 Å². The number of thioether (sulfide) groups is 1. The van der Waals surface area contributed by atoms with Crippen molar-refractivity contribution in [1.82, 2.24) is 14.8 Å². The molecule has 0 saturated heterocycles. The van der Waals surface area contributed by atoms with Crippen molar-refractivity contribution in [2.24, 2.45) is 0 Å². The van der Waals surface area contributed by atoms with Gasteiger partial charge in [-0.25, -0.2) is 0 Å². The number of nitrogens with zero attached hydrogens (tertiary/aromatic N) is 3. The molecular weight excluding hydrogens is 436 g/mol. The molecule has 0 aliphatic carbocycles. The molecule has 0 spiro atoms. The molecule has 3 aromatic rings. The van der Waals surface area contributed by atoms with Gasteiger partial charge in [-0.1, -0.05) is 48.2 Å². The van der Waals surface area contributed by atoms with Crippen molar-refractivity contribution in [2.75, 3.05) is 5.32 Å². The summed E-state index contributed by atoms with van der Waals surface area (Å²) in [6.45, 7) is 6.72. The highest BCUT2D eigenvalue weighted by Crippen LogP contribution is 2.27. The van der Waals surface area contributed by atoms with E-state index in [1.54, 1.807) is 0 Å². The normalized spacial score (nSPS) is 12.0. The second-order valence-corrected chi connectivity index (χ2v) is 8.70. The number of anilines is 1. The largest absolute Gasteiger partial charge is 0.324 e. The lowest BCUT2D eigenvalue weighted by atomic mass is 10.1. The highest BCUT2D eigenvalue weighted by Gasteiger charge is 2.20. The van der Waals surface area contributed by atoms with E-state index < -0.39 is 0 Å². The summed E-state index contributed by atoms with van der Waals surface area (Å²) in [5, 5.41) is 12.1. The lowest BCUT2D eigenvalue weighted by molar-refractivity contribution is -0.115. The molecule has 1 amide bonds. The van der Waals surface area contributed by atoms with Crippen molar-refractivity contribution in [1.29, 1.82) is 0 Å². The van der Waals surface area contributed by atoms with Gasteiger partial charge in [-0.05, 0) is 60.0 Å². The van der Waals surface area contributed by atoms with E-state index >= 15 is 0 Å². The molecule has 1 unspecified atom stereocenters. The molecular formula is C21H23BrN4OS. The van der Waals surface area contributed by atoms with Crippen LogP contribution in [0.1, 0.15) is 30.8 Å². The van der Waals surface area contributed by atoms with Gasteiger partial charge in [-0.15, -0.1) is 10.2 Å². The molecule has 0 fully saturated rings. The summed E-state index contributed by atoms with van der Waals surface area (Å²) in [6.07, 6.45) is 0.721. The van der Waals surface area contributed by atoms with Crippen molar-refractivity contribution in [3.8, 4) is 0 Å². The molecule has 1 heterocycles. The zero-order valence-corrected chi connectivity index (χ0v) is 18.5. The van der Waals surface area contributed by atoms with E-state index in [1.807, 2.05) is 50.2 Å². The minimum Gasteiger partial charge on any atom is -0.324 e. The Morgan fingerprint density at radius 3 is 2.64 bits per heavy atom. The summed E-state index contributed by atoms with van der Waals surface area (Å²) in [4.78, 5) is 12.6. The average molecular weight is 459 g/mol. The second-order valence-electron chi connectivity index (χ2n) is 6.54. The molecule has 0 bridgehead atoms. The van der Waals surface area contributed by atoms with Crippen LogP contribution in [0.15, 0.2) is 58.2 Å². The smallest absolute Gasteiger partial charge is 0.237 e. The fourth-order valence-electron chi connectivity index (χ4n) is 2.80. The van der Waals surface area contributed by atoms with Crippen molar-refractivity contribution >= 4 is 39.3 Å². The first kappa shape index (κ1) is 20.6. The van der Waals surface area contributed by atoms with Gasteiger partial charge in [0.2, 0.25) is 5.91 Å². The molecule has 146 valence electrons. The summed E-state index contributed by atoms with van der Waals surface area (Å²) < 4.78 is 2.95. The molecule has 0 saturated carbocycles. The number of carbonyl (C=O) groups excluding carboxylic acids is 1. The number of hydrogen-bond donors (Lipinski definition) is 1. The van der Waals surface area contributed by atoms with Gasteiger partial charge in [0.05, 0.1) is 10.9 Å². The van der Waals surface area contributed by atoms with Crippen LogP contribution < -0.4 is 5.32 Å². The Labute approximate surface area is 178 Å². The van der Waals surface area contributed by atoms with Gasteiger partial charge >= 0.3 is 0 Å². The average Bonchev–Trinajstić information content (AvgIpc) is 3.05. The van der Waals surface area contributed by atoms with E-state index in [4.69, 9.17) is 0 Å². The third kappa shape index (κ3) is 5.02. The highest BCUT2D eigenvalue weighted by molar-refractivity contribution is 9.10. The van der Waals surface area contributed by atoms with Gasteiger partial charge < -0.3 is 9.88 Å². The number of amides is 1. The fraction of sp³-hybridized carbons (Fsp3) is 0.286. The summed E-state index contributed by atoms with van der Waals surface area (Å²) in [6, 6.07) is 16.1. The Balaban J connectivity index is 1.69. The number of rotatable bonds is 7. The van der Waals surface area contributed by atoms with Gasteiger partial charge in [0, 0.05) is 17.4 Å². The van der Waals surface area contributed by atoms with Crippen molar-refractivity contribution in [3.05, 3.63) is 70.0 Å². The lowest BCUT2D eigenvalue weighted by Gasteiger charge is -2.14. The predicted molar refractivity (Wildman–Crippen MR) is 118 cm³/mol. The van der Waals surface area contributed by atoms with Gasteiger partial charge in [-0.3, -0.25) is 4.79 Å². The third-order valence-corrected chi connectivity index (χ3v) is 6.09. The minimum absolute atomic E-state index is 0.0650. The van der Waals surface area contributed by atoms with Crippen LogP contribution in [0.4, 0.5) is 5.69 Å². The molecule has 7 heteroatoms. The van der Waals surface area contributed by atoms with Crippen molar-refractivity contribution < 1.29 is 4.79 Å². The molecule has 3 rings (SSSR count). The first-order valence-corrected chi connectivity index (χ1v) is 10.8. The van der Waals surface area contributed by atoms with Crippen LogP contribution >= 0.6 is 27.7 Å². The van der Waals surface area contributed by atoms with Gasteiger partial charge in [0.25, 0.3) is 0 Å². The van der Waals surface area contributed by atoms with Gasteiger partial charge in [0.1, 0.15) is 5.82 Å². The number of halogens is 1. The lowest BCUT2D eigenvalue weighted by Crippen LogP contribution is -2.23. The summed E-state index contributed by atoms with van der Waals surface area (Å²) >= 11 is 4.93. The van der Waals surface area contributed by atoms with Crippen LogP contribution in [0.25, 0.3) is 0 Å². The maximum absolute atomic E-state index is 12.6. The molecule has 2 aromatic carbocycles. The summed E-state index contributed by atoms with van der Waals surface area (Å²) in [5.74, 6) is 0.843. The van der Waals surface area contributed by atoms with Crippen LogP contribution in [0, 0.1) is 6.92 Å². The monoisotopic (exact) mass is 458 g/mol. The number of benzene rings is 2. The maximum Gasteiger partial charge on any atom is 0.237 e. The quantitative estimate of drug-likeness (QED) is 0.501. The van der Waals surface area contributed by atoms with E-state index in [1.165, 1.54) is 17.3 Å². The SMILES string of the molecule is CCn1c(Cc2ccccc2)nnc1SC(C)C(=O)Nc1ccc(C)cc1Br.